The molecule has 118 valence electrons. The SMILES string of the molecule is CCSCCC(C)NC(=O)C1CC2CCCCC2N1.Cl. The molecule has 0 aromatic carbocycles. The monoisotopic (exact) mass is 320 g/mol. The number of rotatable bonds is 6. The number of thioether (sulfide) groups is 1. The average molecular weight is 321 g/mol. The van der Waals surface area contributed by atoms with Crippen LogP contribution in [0.1, 0.15) is 52.4 Å². The molecule has 0 bridgehead atoms. The minimum absolute atomic E-state index is 0. The second kappa shape index (κ2) is 9.16. The molecule has 1 heterocycles. The smallest absolute Gasteiger partial charge is 0.237 e. The Hall–Kier alpha value is 0.0700. The molecular formula is C15H29ClN2OS. The van der Waals surface area contributed by atoms with Gasteiger partial charge in [-0.2, -0.15) is 11.8 Å². The lowest BCUT2D eigenvalue weighted by atomic mass is 9.85. The van der Waals surface area contributed by atoms with Crippen LogP contribution in [0.5, 0.6) is 0 Å². The van der Waals surface area contributed by atoms with Gasteiger partial charge in [-0.15, -0.1) is 12.4 Å². The van der Waals surface area contributed by atoms with E-state index in [2.05, 4.69) is 24.5 Å². The molecule has 2 N–H and O–H groups in total. The molecule has 0 aromatic heterocycles. The molecule has 1 amide bonds. The summed E-state index contributed by atoms with van der Waals surface area (Å²) >= 11 is 1.95. The van der Waals surface area contributed by atoms with Crippen molar-refractivity contribution in [3.05, 3.63) is 0 Å². The molecule has 20 heavy (non-hydrogen) atoms. The second-order valence-electron chi connectivity index (χ2n) is 6.00. The fourth-order valence-corrected chi connectivity index (χ4v) is 4.15. The van der Waals surface area contributed by atoms with E-state index >= 15 is 0 Å². The largest absolute Gasteiger partial charge is 0.352 e. The van der Waals surface area contributed by atoms with Gasteiger partial charge in [0.1, 0.15) is 0 Å². The molecule has 5 heteroatoms. The second-order valence-corrected chi connectivity index (χ2v) is 7.40. The number of halogens is 1. The van der Waals surface area contributed by atoms with E-state index in [1.54, 1.807) is 0 Å². The van der Waals surface area contributed by atoms with Crippen LogP contribution >= 0.6 is 24.2 Å². The topological polar surface area (TPSA) is 41.1 Å². The van der Waals surface area contributed by atoms with Crippen molar-refractivity contribution in [2.45, 2.75) is 70.5 Å². The van der Waals surface area contributed by atoms with Crippen molar-refractivity contribution in [1.82, 2.24) is 10.6 Å². The first-order valence-corrected chi connectivity index (χ1v) is 9.00. The van der Waals surface area contributed by atoms with E-state index in [1.807, 2.05) is 11.8 Å². The van der Waals surface area contributed by atoms with Gasteiger partial charge in [-0.3, -0.25) is 4.79 Å². The maximum absolute atomic E-state index is 12.3. The third-order valence-electron chi connectivity index (χ3n) is 4.47. The minimum atomic E-state index is 0. The van der Waals surface area contributed by atoms with Crippen LogP contribution in [0.15, 0.2) is 0 Å². The van der Waals surface area contributed by atoms with Gasteiger partial charge in [-0.25, -0.2) is 0 Å². The van der Waals surface area contributed by atoms with Crippen molar-refractivity contribution in [2.75, 3.05) is 11.5 Å². The Labute approximate surface area is 133 Å². The highest BCUT2D eigenvalue weighted by Crippen LogP contribution is 2.33. The van der Waals surface area contributed by atoms with Gasteiger partial charge < -0.3 is 10.6 Å². The Kier molecular flexibility index (Phi) is 8.30. The van der Waals surface area contributed by atoms with Gasteiger partial charge in [0.25, 0.3) is 0 Å². The molecule has 0 radical (unpaired) electrons. The molecule has 2 rings (SSSR count). The Morgan fingerprint density at radius 1 is 1.40 bits per heavy atom. The highest BCUT2D eigenvalue weighted by molar-refractivity contribution is 7.99. The summed E-state index contributed by atoms with van der Waals surface area (Å²) in [5.74, 6) is 3.27. The van der Waals surface area contributed by atoms with Crippen LogP contribution in [0.25, 0.3) is 0 Å². The van der Waals surface area contributed by atoms with Crippen molar-refractivity contribution in [1.29, 1.82) is 0 Å². The summed E-state index contributed by atoms with van der Waals surface area (Å²) in [6.07, 6.45) is 7.37. The van der Waals surface area contributed by atoms with E-state index in [0.29, 0.717) is 12.1 Å². The normalized spacial score (nSPS) is 30.2. The van der Waals surface area contributed by atoms with Gasteiger partial charge in [-0.1, -0.05) is 19.8 Å². The molecule has 0 aromatic rings. The molecule has 2 aliphatic rings. The number of hydrogen-bond donors (Lipinski definition) is 2. The first-order valence-electron chi connectivity index (χ1n) is 7.85. The summed E-state index contributed by atoms with van der Waals surface area (Å²) in [4.78, 5) is 12.3. The molecule has 1 saturated heterocycles. The average Bonchev–Trinajstić information content (AvgIpc) is 2.83. The highest BCUT2D eigenvalue weighted by Gasteiger charge is 2.38. The number of carbonyl (C=O) groups is 1. The van der Waals surface area contributed by atoms with Crippen LogP contribution in [0, 0.1) is 5.92 Å². The molecule has 1 aliphatic heterocycles. The lowest BCUT2D eigenvalue weighted by Crippen LogP contribution is -2.46. The summed E-state index contributed by atoms with van der Waals surface area (Å²) in [7, 11) is 0. The van der Waals surface area contributed by atoms with Crippen LogP contribution in [0.3, 0.4) is 0 Å². The zero-order valence-electron chi connectivity index (χ0n) is 12.7. The quantitative estimate of drug-likeness (QED) is 0.739. The number of amides is 1. The van der Waals surface area contributed by atoms with Crippen LogP contribution in [-0.4, -0.2) is 35.5 Å². The van der Waals surface area contributed by atoms with Gasteiger partial charge in [-0.05, 0) is 50.0 Å². The van der Waals surface area contributed by atoms with Crippen molar-refractivity contribution in [3.8, 4) is 0 Å². The van der Waals surface area contributed by atoms with Crippen LogP contribution in [-0.2, 0) is 4.79 Å². The first-order chi connectivity index (χ1) is 9.20. The van der Waals surface area contributed by atoms with Gasteiger partial charge in [0.15, 0.2) is 0 Å². The molecular weight excluding hydrogens is 292 g/mol. The first kappa shape index (κ1) is 18.1. The standard InChI is InChI=1S/C15H28N2OS.ClH/c1-3-19-9-8-11(2)16-15(18)14-10-12-6-4-5-7-13(12)17-14;/h11-14,17H,3-10H2,1-2H3,(H,16,18);1H. The Bertz CT molecular complexity index is 290. The molecule has 1 aliphatic carbocycles. The summed E-state index contributed by atoms with van der Waals surface area (Å²) in [5, 5.41) is 6.72. The Balaban J connectivity index is 0.00000200. The van der Waals surface area contributed by atoms with E-state index in [-0.39, 0.29) is 24.4 Å². The molecule has 2 fully saturated rings. The summed E-state index contributed by atoms with van der Waals surface area (Å²) in [5.41, 5.74) is 0. The lowest BCUT2D eigenvalue weighted by molar-refractivity contribution is -0.123. The lowest BCUT2D eigenvalue weighted by Gasteiger charge is -2.24. The third kappa shape index (κ3) is 5.12. The molecule has 1 saturated carbocycles. The molecule has 0 spiro atoms. The maximum atomic E-state index is 12.3. The van der Waals surface area contributed by atoms with Crippen LogP contribution in [0.2, 0.25) is 0 Å². The van der Waals surface area contributed by atoms with Gasteiger partial charge in [0.05, 0.1) is 6.04 Å². The zero-order valence-corrected chi connectivity index (χ0v) is 14.3. The maximum Gasteiger partial charge on any atom is 0.237 e. The number of hydrogen-bond acceptors (Lipinski definition) is 3. The van der Waals surface area contributed by atoms with Crippen LogP contribution in [0.4, 0.5) is 0 Å². The van der Waals surface area contributed by atoms with Gasteiger partial charge in [0, 0.05) is 12.1 Å². The highest BCUT2D eigenvalue weighted by atomic mass is 35.5. The van der Waals surface area contributed by atoms with Crippen molar-refractivity contribution >= 4 is 30.1 Å². The van der Waals surface area contributed by atoms with E-state index in [4.69, 9.17) is 0 Å². The number of carbonyl (C=O) groups excluding carboxylic acids is 1. The van der Waals surface area contributed by atoms with E-state index in [1.165, 1.54) is 25.7 Å². The van der Waals surface area contributed by atoms with E-state index in [0.717, 1.165) is 30.3 Å². The fourth-order valence-electron chi connectivity index (χ4n) is 3.34. The van der Waals surface area contributed by atoms with Gasteiger partial charge in [0.2, 0.25) is 5.91 Å². The predicted octanol–water partition coefficient (Wildman–Crippen LogP) is 2.98. The fraction of sp³-hybridized carbons (Fsp3) is 0.933. The summed E-state index contributed by atoms with van der Waals surface area (Å²) in [6.45, 7) is 4.30. The molecule has 4 unspecified atom stereocenters. The summed E-state index contributed by atoms with van der Waals surface area (Å²) < 4.78 is 0. The van der Waals surface area contributed by atoms with E-state index < -0.39 is 0 Å². The van der Waals surface area contributed by atoms with Crippen LogP contribution < -0.4 is 10.6 Å². The summed E-state index contributed by atoms with van der Waals surface area (Å²) in [6, 6.07) is 0.973. The Morgan fingerprint density at radius 2 is 2.15 bits per heavy atom. The van der Waals surface area contributed by atoms with Crippen molar-refractivity contribution < 1.29 is 4.79 Å². The van der Waals surface area contributed by atoms with Gasteiger partial charge >= 0.3 is 0 Å². The Morgan fingerprint density at radius 3 is 2.85 bits per heavy atom. The number of nitrogens with one attached hydrogen (secondary N) is 2. The van der Waals surface area contributed by atoms with Crippen molar-refractivity contribution in [3.63, 3.8) is 0 Å². The minimum Gasteiger partial charge on any atom is -0.352 e. The van der Waals surface area contributed by atoms with E-state index in [9.17, 15) is 4.79 Å². The zero-order chi connectivity index (χ0) is 13.7. The van der Waals surface area contributed by atoms with Crippen molar-refractivity contribution in [2.24, 2.45) is 5.92 Å². The predicted molar refractivity (Wildman–Crippen MR) is 89.8 cm³/mol. The molecule has 3 nitrogen and oxygen atoms in total. The third-order valence-corrected chi connectivity index (χ3v) is 5.40. The molecule has 4 atom stereocenters. The number of fused-ring (bicyclic) bond motifs is 1.